The number of hydrogen-bond acceptors (Lipinski definition) is 2. The zero-order chi connectivity index (χ0) is 13.1. The van der Waals surface area contributed by atoms with Gasteiger partial charge in [-0.1, -0.05) is 12.1 Å². The van der Waals surface area contributed by atoms with Gasteiger partial charge in [-0.3, -0.25) is 4.98 Å². The van der Waals surface area contributed by atoms with Crippen molar-refractivity contribution in [1.29, 1.82) is 0 Å². The number of aromatic nitrogens is 1. The highest BCUT2D eigenvalue weighted by molar-refractivity contribution is 5.53. The van der Waals surface area contributed by atoms with Crippen LogP contribution in [0.1, 0.15) is 29.7 Å². The summed E-state index contributed by atoms with van der Waals surface area (Å²) in [6.45, 7) is 6.11. The largest absolute Gasteiger partial charge is 0.378 e. The smallest absolute Gasteiger partial charge is 0.141 e. The van der Waals surface area contributed by atoms with Crippen molar-refractivity contribution in [3.05, 3.63) is 59.2 Å². The maximum Gasteiger partial charge on any atom is 0.141 e. The predicted molar refractivity (Wildman–Crippen MR) is 72.1 cm³/mol. The number of pyridine rings is 1. The number of halogens is 1. The molecule has 1 aromatic heterocycles. The van der Waals surface area contributed by atoms with Gasteiger partial charge in [0.1, 0.15) is 5.82 Å². The first-order valence-electron chi connectivity index (χ1n) is 6.00. The zero-order valence-corrected chi connectivity index (χ0v) is 10.9. The van der Waals surface area contributed by atoms with Crippen LogP contribution in [0.5, 0.6) is 0 Å². The summed E-state index contributed by atoms with van der Waals surface area (Å²) in [5.41, 5.74) is 4.30. The normalized spacial score (nSPS) is 12.2. The Bertz CT molecular complexity index is 552. The molecule has 0 aliphatic carbocycles. The standard InChI is InChI=1S/C15H17FN2/c1-10-4-5-11(2)15(6-10)18-12(3)13-7-14(16)9-17-8-13/h4-9,12,18H,1-3H3. The van der Waals surface area contributed by atoms with Gasteiger partial charge in [-0.05, 0) is 49.6 Å². The molecule has 0 fully saturated rings. The van der Waals surface area contributed by atoms with Crippen molar-refractivity contribution in [2.75, 3.05) is 5.32 Å². The fraction of sp³-hybridized carbons (Fsp3) is 0.267. The van der Waals surface area contributed by atoms with Gasteiger partial charge in [0.25, 0.3) is 0 Å². The molecule has 0 saturated heterocycles. The summed E-state index contributed by atoms with van der Waals surface area (Å²) >= 11 is 0. The highest BCUT2D eigenvalue weighted by Gasteiger charge is 2.08. The lowest BCUT2D eigenvalue weighted by atomic mass is 10.1. The Labute approximate surface area is 107 Å². The van der Waals surface area contributed by atoms with Gasteiger partial charge in [0.05, 0.1) is 12.2 Å². The third kappa shape index (κ3) is 2.86. The number of nitrogens with one attached hydrogen (secondary N) is 1. The summed E-state index contributed by atoms with van der Waals surface area (Å²) in [5, 5.41) is 3.39. The van der Waals surface area contributed by atoms with Crippen LogP contribution in [0.2, 0.25) is 0 Å². The molecular formula is C15H17FN2. The highest BCUT2D eigenvalue weighted by atomic mass is 19.1. The molecule has 2 nitrogen and oxygen atoms in total. The van der Waals surface area contributed by atoms with Crippen LogP contribution < -0.4 is 5.32 Å². The fourth-order valence-electron chi connectivity index (χ4n) is 1.87. The molecule has 1 atom stereocenters. The van der Waals surface area contributed by atoms with Crippen LogP contribution in [0.15, 0.2) is 36.7 Å². The first-order chi connectivity index (χ1) is 8.56. The van der Waals surface area contributed by atoms with E-state index in [1.54, 1.807) is 6.20 Å². The van der Waals surface area contributed by atoms with Crippen LogP contribution in [0.25, 0.3) is 0 Å². The summed E-state index contributed by atoms with van der Waals surface area (Å²) in [4.78, 5) is 3.87. The van der Waals surface area contributed by atoms with Crippen molar-refractivity contribution in [3.63, 3.8) is 0 Å². The van der Waals surface area contributed by atoms with Crippen molar-refractivity contribution in [2.24, 2.45) is 0 Å². The zero-order valence-electron chi connectivity index (χ0n) is 10.9. The van der Waals surface area contributed by atoms with Gasteiger partial charge in [-0.2, -0.15) is 0 Å². The lowest BCUT2D eigenvalue weighted by molar-refractivity contribution is 0.616. The molecule has 0 amide bonds. The summed E-state index contributed by atoms with van der Waals surface area (Å²) in [5.74, 6) is -0.304. The van der Waals surface area contributed by atoms with Crippen LogP contribution in [0, 0.1) is 19.7 Å². The van der Waals surface area contributed by atoms with E-state index in [1.165, 1.54) is 23.4 Å². The van der Waals surface area contributed by atoms with E-state index in [2.05, 4.69) is 42.3 Å². The van der Waals surface area contributed by atoms with E-state index < -0.39 is 0 Å². The topological polar surface area (TPSA) is 24.9 Å². The van der Waals surface area contributed by atoms with E-state index in [9.17, 15) is 4.39 Å². The van der Waals surface area contributed by atoms with Crippen molar-refractivity contribution in [1.82, 2.24) is 4.98 Å². The quantitative estimate of drug-likeness (QED) is 0.882. The molecular weight excluding hydrogens is 227 g/mol. The van der Waals surface area contributed by atoms with E-state index in [0.717, 1.165) is 11.3 Å². The third-order valence-corrected chi connectivity index (χ3v) is 2.99. The number of anilines is 1. The van der Waals surface area contributed by atoms with E-state index in [4.69, 9.17) is 0 Å². The molecule has 1 N–H and O–H groups in total. The molecule has 2 rings (SSSR count). The van der Waals surface area contributed by atoms with E-state index >= 15 is 0 Å². The van der Waals surface area contributed by atoms with Crippen LogP contribution in [-0.2, 0) is 0 Å². The molecule has 3 heteroatoms. The van der Waals surface area contributed by atoms with Gasteiger partial charge in [0, 0.05) is 11.9 Å². The minimum Gasteiger partial charge on any atom is -0.378 e. The molecule has 0 bridgehead atoms. The number of aryl methyl sites for hydroxylation is 2. The van der Waals surface area contributed by atoms with E-state index in [1.807, 2.05) is 6.92 Å². The molecule has 94 valence electrons. The summed E-state index contributed by atoms with van der Waals surface area (Å²) in [6, 6.07) is 7.78. The minimum atomic E-state index is -0.304. The Hall–Kier alpha value is -1.90. The fourth-order valence-corrected chi connectivity index (χ4v) is 1.87. The molecule has 18 heavy (non-hydrogen) atoms. The van der Waals surface area contributed by atoms with E-state index in [0.29, 0.717) is 0 Å². The third-order valence-electron chi connectivity index (χ3n) is 2.99. The van der Waals surface area contributed by atoms with Crippen LogP contribution in [0.3, 0.4) is 0 Å². The monoisotopic (exact) mass is 244 g/mol. The first-order valence-corrected chi connectivity index (χ1v) is 6.00. The predicted octanol–water partition coefficient (Wildman–Crippen LogP) is 4.01. The Morgan fingerprint density at radius 3 is 2.67 bits per heavy atom. The molecule has 0 aliphatic rings. The Kier molecular flexibility index (Phi) is 3.60. The number of benzene rings is 1. The average molecular weight is 244 g/mol. The van der Waals surface area contributed by atoms with Crippen LogP contribution in [-0.4, -0.2) is 4.98 Å². The molecule has 1 unspecified atom stereocenters. The molecule has 0 radical (unpaired) electrons. The Balaban J connectivity index is 2.21. The van der Waals surface area contributed by atoms with Gasteiger partial charge in [-0.15, -0.1) is 0 Å². The molecule has 0 spiro atoms. The Morgan fingerprint density at radius 1 is 1.17 bits per heavy atom. The van der Waals surface area contributed by atoms with Crippen molar-refractivity contribution >= 4 is 5.69 Å². The van der Waals surface area contributed by atoms with Crippen LogP contribution in [0.4, 0.5) is 10.1 Å². The van der Waals surface area contributed by atoms with Gasteiger partial charge < -0.3 is 5.32 Å². The SMILES string of the molecule is Cc1ccc(C)c(NC(C)c2cncc(F)c2)c1. The maximum atomic E-state index is 13.1. The second-order valence-corrected chi connectivity index (χ2v) is 4.62. The molecule has 0 saturated carbocycles. The van der Waals surface area contributed by atoms with Crippen molar-refractivity contribution in [3.8, 4) is 0 Å². The van der Waals surface area contributed by atoms with Gasteiger partial charge in [0.15, 0.2) is 0 Å². The highest BCUT2D eigenvalue weighted by Crippen LogP contribution is 2.23. The first kappa shape index (κ1) is 12.6. The number of rotatable bonds is 3. The summed E-state index contributed by atoms with van der Waals surface area (Å²) < 4.78 is 13.1. The Morgan fingerprint density at radius 2 is 1.94 bits per heavy atom. The number of hydrogen-bond donors (Lipinski definition) is 1. The molecule has 2 aromatic rings. The minimum absolute atomic E-state index is 0.0219. The summed E-state index contributed by atoms with van der Waals surface area (Å²) in [6.07, 6.45) is 2.90. The molecule has 1 heterocycles. The van der Waals surface area contributed by atoms with Gasteiger partial charge in [0.2, 0.25) is 0 Å². The summed E-state index contributed by atoms with van der Waals surface area (Å²) in [7, 11) is 0. The van der Waals surface area contributed by atoms with E-state index in [-0.39, 0.29) is 11.9 Å². The van der Waals surface area contributed by atoms with Gasteiger partial charge >= 0.3 is 0 Å². The second kappa shape index (κ2) is 5.17. The second-order valence-electron chi connectivity index (χ2n) is 4.62. The van der Waals surface area contributed by atoms with Crippen molar-refractivity contribution in [2.45, 2.75) is 26.8 Å². The van der Waals surface area contributed by atoms with Crippen molar-refractivity contribution < 1.29 is 4.39 Å². The van der Waals surface area contributed by atoms with Gasteiger partial charge in [-0.25, -0.2) is 4.39 Å². The molecule has 0 aliphatic heterocycles. The number of nitrogens with zero attached hydrogens (tertiary/aromatic N) is 1. The molecule has 1 aromatic carbocycles. The lowest BCUT2D eigenvalue weighted by Gasteiger charge is -2.17. The lowest BCUT2D eigenvalue weighted by Crippen LogP contribution is -2.08. The maximum absolute atomic E-state index is 13.1. The average Bonchev–Trinajstić information content (AvgIpc) is 2.34. The van der Waals surface area contributed by atoms with Crippen LogP contribution >= 0.6 is 0 Å².